The van der Waals surface area contributed by atoms with Gasteiger partial charge in [0.1, 0.15) is 0 Å². The van der Waals surface area contributed by atoms with Crippen molar-refractivity contribution in [1.29, 1.82) is 0 Å². The average Bonchev–Trinajstić information content (AvgIpc) is 3.08. The van der Waals surface area contributed by atoms with Gasteiger partial charge in [-0.3, -0.25) is 0 Å². The molecule has 1 aliphatic rings. The maximum atomic E-state index is 3.42. The van der Waals surface area contributed by atoms with Gasteiger partial charge in [0.2, 0.25) is 0 Å². The number of nitrogens with one attached hydrogen (secondary N) is 1. The minimum atomic E-state index is 0.573. The summed E-state index contributed by atoms with van der Waals surface area (Å²) in [6.07, 6.45) is 9.96. The van der Waals surface area contributed by atoms with Crippen molar-refractivity contribution >= 4 is 0 Å². The fourth-order valence-electron chi connectivity index (χ4n) is 3.17. The quantitative estimate of drug-likeness (QED) is 0.619. The van der Waals surface area contributed by atoms with Crippen LogP contribution in [0, 0.1) is 17.3 Å². The zero-order valence-electron chi connectivity index (χ0n) is 11.8. The highest BCUT2D eigenvalue weighted by Gasteiger charge is 2.41. The maximum absolute atomic E-state index is 3.42. The van der Waals surface area contributed by atoms with Gasteiger partial charge in [-0.1, -0.05) is 46.5 Å². The smallest absolute Gasteiger partial charge is 0.000491 e. The summed E-state index contributed by atoms with van der Waals surface area (Å²) in [6, 6.07) is 0. The van der Waals surface area contributed by atoms with Crippen LogP contribution in [-0.4, -0.2) is 13.6 Å². The number of unbranched alkanes of at least 4 members (excludes halogenated alkanes) is 1. The Morgan fingerprint density at radius 2 is 2.00 bits per heavy atom. The SMILES string of the molecule is CCCCC(CC)CC(C)(CNC)C1CC1. The molecule has 1 rings (SSSR count). The van der Waals surface area contributed by atoms with Crippen LogP contribution in [0.2, 0.25) is 0 Å². The standard InChI is InChI=1S/C15H31N/c1-5-7-8-13(6-2)11-15(3,12-16-4)14-9-10-14/h13-14,16H,5-12H2,1-4H3. The third kappa shape index (κ3) is 4.08. The fourth-order valence-corrected chi connectivity index (χ4v) is 3.17. The van der Waals surface area contributed by atoms with Crippen molar-refractivity contribution in [1.82, 2.24) is 5.32 Å². The van der Waals surface area contributed by atoms with Crippen LogP contribution in [0.15, 0.2) is 0 Å². The van der Waals surface area contributed by atoms with Crippen LogP contribution in [0.3, 0.4) is 0 Å². The highest BCUT2D eigenvalue weighted by Crippen LogP contribution is 2.49. The molecule has 1 aliphatic carbocycles. The van der Waals surface area contributed by atoms with E-state index in [2.05, 4.69) is 33.1 Å². The fraction of sp³-hybridized carbons (Fsp3) is 1.00. The van der Waals surface area contributed by atoms with E-state index in [-0.39, 0.29) is 0 Å². The van der Waals surface area contributed by atoms with Crippen LogP contribution in [-0.2, 0) is 0 Å². The van der Waals surface area contributed by atoms with Gasteiger partial charge in [0.15, 0.2) is 0 Å². The summed E-state index contributed by atoms with van der Waals surface area (Å²) >= 11 is 0. The molecule has 0 aromatic heterocycles. The molecule has 1 heteroatoms. The molecule has 0 amide bonds. The van der Waals surface area contributed by atoms with E-state index in [4.69, 9.17) is 0 Å². The summed E-state index contributed by atoms with van der Waals surface area (Å²) < 4.78 is 0. The van der Waals surface area contributed by atoms with Gasteiger partial charge in [-0.2, -0.15) is 0 Å². The van der Waals surface area contributed by atoms with Gasteiger partial charge in [0.05, 0.1) is 0 Å². The van der Waals surface area contributed by atoms with E-state index in [9.17, 15) is 0 Å². The lowest BCUT2D eigenvalue weighted by molar-refractivity contribution is 0.187. The summed E-state index contributed by atoms with van der Waals surface area (Å²) in [5, 5.41) is 3.42. The molecule has 0 spiro atoms. The van der Waals surface area contributed by atoms with Gasteiger partial charge >= 0.3 is 0 Å². The molecule has 1 fully saturated rings. The van der Waals surface area contributed by atoms with Crippen LogP contribution in [0.5, 0.6) is 0 Å². The molecule has 0 radical (unpaired) electrons. The Kier molecular flexibility index (Phi) is 5.82. The van der Waals surface area contributed by atoms with E-state index in [0.29, 0.717) is 5.41 Å². The van der Waals surface area contributed by atoms with E-state index in [1.807, 2.05) is 0 Å². The van der Waals surface area contributed by atoms with Gasteiger partial charge in [0.25, 0.3) is 0 Å². The Balaban J connectivity index is 2.44. The summed E-state index contributed by atoms with van der Waals surface area (Å²) in [7, 11) is 2.10. The Hall–Kier alpha value is -0.0400. The lowest BCUT2D eigenvalue weighted by Crippen LogP contribution is -2.33. The van der Waals surface area contributed by atoms with Gasteiger partial charge in [-0.25, -0.2) is 0 Å². The predicted octanol–water partition coefficient (Wildman–Crippen LogP) is 4.23. The van der Waals surface area contributed by atoms with E-state index < -0.39 is 0 Å². The lowest BCUT2D eigenvalue weighted by atomic mass is 9.74. The molecule has 1 N–H and O–H groups in total. The van der Waals surface area contributed by atoms with Crippen molar-refractivity contribution < 1.29 is 0 Å². The van der Waals surface area contributed by atoms with E-state index in [1.54, 1.807) is 0 Å². The largest absolute Gasteiger partial charge is 0.319 e. The second kappa shape index (κ2) is 6.64. The zero-order valence-corrected chi connectivity index (χ0v) is 11.8. The first-order chi connectivity index (χ1) is 7.66. The van der Waals surface area contributed by atoms with Crippen molar-refractivity contribution in [2.45, 2.75) is 65.7 Å². The summed E-state index contributed by atoms with van der Waals surface area (Å²) in [5.74, 6) is 1.97. The molecular formula is C15H31N. The Morgan fingerprint density at radius 1 is 1.31 bits per heavy atom. The highest BCUT2D eigenvalue weighted by atomic mass is 14.8. The van der Waals surface area contributed by atoms with Crippen LogP contribution in [0.4, 0.5) is 0 Å². The maximum Gasteiger partial charge on any atom is 0.000491 e. The van der Waals surface area contributed by atoms with Gasteiger partial charge in [-0.15, -0.1) is 0 Å². The minimum absolute atomic E-state index is 0.573. The average molecular weight is 225 g/mol. The van der Waals surface area contributed by atoms with Crippen LogP contribution < -0.4 is 5.32 Å². The summed E-state index contributed by atoms with van der Waals surface area (Å²) in [4.78, 5) is 0. The second-order valence-electron chi connectivity index (χ2n) is 6.08. The van der Waals surface area contributed by atoms with Crippen LogP contribution in [0.25, 0.3) is 0 Å². The van der Waals surface area contributed by atoms with Crippen molar-refractivity contribution in [2.24, 2.45) is 17.3 Å². The second-order valence-corrected chi connectivity index (χ2v) is 6.08. The minimum Gasteiger partial charge on any atom is -0.319 e. The number of hydrogen-bond donors (Lipinski definition) is 1. The lowest BCUT2D eigenvalue weighted by Gasteiger charge is -2.33. The molecule has 96 valence electrons. The molecule has 0 aliphatic heterocycles. The molecule has 2 atom stereocenters. The third-order valence-electron chi connectivity index (χ3n) is 4.44. The molecular weight excluding hydrogens is 194 g/mol. The van der Waals surface area contributed by atoms with Crippen LogP contribution in [0.1, 0.15) is 65.7 Å². The normalized spacial score (nSPS) is 21.8. The molecule has 1 saturated carbocycles. The first-order valence-corrected chi connectivity index (χ1v) is 7.30. The molecule has 2 unspecified atom stereocenters. The number of hydrogen-bond acceptors (Lipinski definition) is 1. The number of rotatable bonds is 9. The zero-order chi connectivity index (χ0) is 12.0. The van der Waals surface area contributed by atoms with Gasteiger partial charge in [-0.05, 0) is 43.6 Å². The monoisotopic (exact) mass is 225 g/mol. The third-order valence-corrected chi connectivity index (χ3v) is 4.44. The predicted molar refractivity (Wildman–Crippen MR) is 72.7 cm³/mol. The first-order valence-electron chi connectivity index (χ1n) is 7.30. The Labute approximate surface area is 102 Å². The summed E-state index contributed by atoms with van der Waals surface area (Å²) in [6.45, 7) is 8.39. The van der Waals surface area contributed by atoms with Crippen LogP contribution >= 0.6 is 0 Å². The highest BCUT2D eigenvalue weighted by molar-refractivity contribution is 4.93. The van der Waals surface area contributed by atoms with Crippen molar-refractivity contribution in [3.8, 4) is 0 Å². The van der Waals surface area contributed by atoms with Gasteiger partial charge < -0.3 is 5.32 Å². The molecule has 0 saturated heterocycles. The molecule has 0 aromatic rings. The molecule has 0 heterocycles. The molecule has 0 aromatic carbocycles. The van der Waals surface area contributed by atoms with Crippen molar-refractivity contribution in [3.63, 3.8) is 0 Å². The topological polar surface area (TPSA) is 12.0 Å². The Morgan fingerprint density at radius 3 is 2.44 bits per heavy atom. The molecule has 1 nitrogen and oxygen atoms in total. The van der Waals surface area contributed by atoms with Crippen molar-refractivity contribution in [2.75, 3.05) is 13.6 Å². The summed E-state index contributed by atoms with van der Waals surface area (Å²) in [5.41, 5.74) is 0.573. The molecule has 0 bridgehead atoms. The van der Waals surface area contributed by atoms with Gasteiger partial charge in [0, 0.05) is 6.54 Å². The Bertz CT molecular complexity index is 186. The van der Waals surface area contributed by atoms with E-state index in [1.165, 1.54) is 51.5 Å². The van der Waals surface area contributed by atoms with E-state index >= 15 is 0 Å². The van der Waals surface area contributed by atoms with E-state index in [0.717, 1.165) is 11.8 Å². The first kappa shape index (κ1) is 14.0. The van der Waals surface area contributed by atoms with Crippen molar-refractivity contribution in [3.05, 3.63) is 0 Å². The molecule has 16 heavy (non-hydrogen) atoms.